The highest BCUT2D eigenvalue weighted by atomic mass is 16.6. The van der Waals surface area contributed by atoms with Gasteiger partial charge in [-0.1, -0.05) is 138 Å². The summed E-state index contributed by atoms with van der Waals surface area (Å²) in [5.74, 6) is 0. The van der Waals surface area contributed by atoms with E-state index in [1.165, 1.54) is 6.07 Å². The van der Waals surface area contributed by atoms with Crippen molar-refractivity contribution in [1.82, 2.24) is 0 Å². The lowest BCUT2D eigenvalue weighted by Crippen LogP contribution is -2.16. The number of anilines is 2. The molecule has 5 aromatic carbocycles. The fourth-order valence-electron chi connectivity index (χ4n) is 4.91. The Morgan fingerprint density at radius 2 is 1.24 bits per heavy atom. The Bertz CT molecular complexity index is 1950. The molecule has 4 heteroatoms. The normalized spacial score (nSPS) is 13.4. The molecule has 0 fully saturated rings. The van der Waals surface area contributed by atoms with Gasteiger partial charge in [0.2, 0.25) is 0 Å². The summed E-state index contributed by atoms with van der Waals surface area (Å²) < 4.78 is 42.5. The molecule has 0 saturated carbocycles. The van der Waals surface area contributed by atoms with Crippen molar-refractivity contribution in [3.8, 4) is 33.4 Å². The SMILES string of the molecule is [2H]c1c([2H])c([2H])c(-c2cccc(-c3cc(C(C)(C)C)cc(C(C)(C)C)c3)c2Nc2cc(-c3ccccc3)ccc2[N+](=O)[O-])c([2H])c1[2H]. The lowest BCUT2D eigenvalue weighted by Gasteiger charge is -2.27. The predicted molar refractivity (Wildman–Crippen MR) is 177 cm³/mol. The zero-order chi connectivity index (χ0) is 34.4. The third-order valence-corrected chi connectivity index (χ3v) is 7.37. The van der Waals surface area contributed by atoms with E-state index in [2.05, 4.69) is 65.1 Å². The van der Waals surface area contributed by atoms with Crippen LogP contribution in [0.15, 0.2) is 115 Å². The number of nitro benzene ring substituents is 1. The highest BCUT2D eigenvalue weighted by molar-refractivity contribution is 5.94. The van der Waals surface area contributed by atoms with Crippen molar-refractivity contribution in [3.05, 3.63) is 136 Å². The lowest BCUT2D eigenvalue weighted by atomic mass is 9.78. The number of hydrogen-bond acceptors (Lipinski definition) is 3. The number of benzene rings is 5. The first-order chi connectivity index (χ1) is 22.0. The van der Waals surface area contributed by atoms with Crippen LogP contribution < -0.4 is 5.32 Å². The minimum Gasteiger partial charge on any atom is -0.349 e. The second-order valence-electron chi connectivity index (χ2n) is 12.5. The third kappa shape index (κ3) is 6.13. The van der Waals surface area contributed by atoms with Gasteiger partial charge in [0.25, 0.3) is 5.69 Å². The van der Waals surface area contributed by atoms with Crippen LogP contribution in [0.5, 0.6) is 0 Å². The lowest BCUT2D eigenvalue weighted by molar-refractivity contribution is -0.383. The predicted octanol–water partition coefficient (Wildman–Crippen LogP) is 10.9. The average Bonchev–Trinajstić information content (AvgIpc) is 3.02. The van der Waals surface area contributed by atoms with Gasteiger partial charge in [-0.2, -0.15) is 0 Å². The summed E-state index contributed by atoms with van der Waals surface area (Å²) in [7, 11) is 0. The highest BCUT2D eigenvalue weighted by Crippen LogP contribution is 2.43. The van der Waals surface area contributed by atoms with Gasteiger partial charge in [0, 0.05) is 17.2 Å². The third-order valence-electron chi connectivity index (χ3n) is 7.37. The van der Waals surface area contributed by atoms with Gasteiger partial charge in [0.05, 0.1) is 17.5 Å². The molecule has 1 N–H and O–H groups in total. The van der Waals surface area contributed by atoms with E-state index in [1.807, 2.05) is 36.4 Å². The van der Waals surface area contributed by atoms with E-state index < -0.39 is 23.1 Å². The molecule has 0 aromatic heterocycles. The number of rotatable bonds is 6. The number of hydrogen-bond donors (Lipinski definition) is 1. The molecule has 0 aliphatic heterocycles. The zero-order valence-electron chi connectivity index (χ0n) is 29.8. The molecular weight excluding hydrogens is 516 g/mol. The number of para-hydroxylation sites is 1. The van der Waals surface area contributed by atoms with Crippen molar-refractivity contribution in [2.24, 2.45) is 0 Å². The second kappa shape index (κ2) is 11.3. The van der Waals surface area contributed by atoms with Crippen LogP contribution in [0.1, 0.15) is 59.5 Å². The van der Waals surface area contributed by atoms with E-state index in [0.29, 0.717) is 16.8 Å². The summed E-state index contributed by atoms with van der Waals surface area (Å²) in [4.78, 5) is 11.9. The maximum Gasteiger partial charge on any atom is 0.292 e. The van der Waals surface area contributed by atoms with E-state index in [9.17, 15) is 10.1 Å². The maximum atomic E-state index is 12.3. The molecule has 0 atom stereocenters. The Balaban J connectivity index is 1.88. The van der Waals surface area contributed by atoms with Crippen LogP contribution in [0.2, 0.25) is 0 Å². The van der Waals surface area contributed by atoms with Crippen molar-refractivity contribution in [3.63, 3.8) is 0 Å². The number of nitro groups is 1. The summed E-state index contributed by atoms with van der Waals surface area (Å²) >= 11 is 0. The summed E-state index contributed by atoms with van der Waals surface area (Å²) in [6.45, 7) is 12.8. The molecule has 0 spiro atoms. The number of nitrogens with zero attached hydrogens (tertiary/aromatic N) is 1. The average molecular weight is 560 g/mol. The quantitative estimate of drug-likeness (QED) is 0.166. The molecule has 4 nitrogen and oxygen atoms in total. The smallest absolute Gasteiger partial charge is 0.292 e. The zero-order valence-corrected chi connectivity index (χ0v) is 24.8. The van der Waals surface area contributed by atoms with Gasteiger partial charge in [0.1, 0.15) is 5.69 Å². The highest BCUT2D eigenvalue weighted by Gasteiger charge is 2.24. The molecule has 0 heterocycles. The van der Waals surface area contributed by atoms with Crippen LogP contribution in [-0.2, 0) is 10.8 Å². The Morgan fingerprint density at radius 3 is 1.81 bits per heavy atom. The van der Waals surface area contributed by atoms with Gasteiger partial charge >= 0.3 is 0 Å². The topological polar surface area (TPSA) is 55.2 Å². The van der Waals surface area contributed by atoms with Crippen LogP contribution in [0.4, 0.5) is 17.1 Å². The van der Waals surface area contributed by atoms with Gasteiger partial charge in [0.15, 0.2) is 0 Å². The van der Waals surface area contributed by atoms with Crippen LogP contribution in [0.3, 0.4) is 0 Å². The molecule has 42 heavy (non-hydrogen) atoms. The van der Waals surface area contributed by atoms with E-state index in [1.54, 1.807) is 24.3 Å². The summed E-state index contributed by atoms with van der Waals surface area (Å²) in [5, 5.41) is 15.7. The fourth-order valence-corrected chi connectivity index (χ4v) is 4.91. The molecule has 5 rings (SSSR count). The van der Waals surface area contributed by atoms with Gasteiger partial charge in [-0.25, -0.2) is 0 Å². The molecule has 0 bridgehead atoms. The minimum absolute atomic E-state index is 0.00485. The molecule has 0 radical (unpaired) electrons. The second-order valence-corrected chi connectivity index (χ2v) is 12.5. The van der Waals surface area contributed by atoms with E-state index in [0.717, 1.165) is 27.8 Å². The van der Waals surface area contributed by atoms with Gasteiger partial charge in [-0.3, -0.25) is 10.1 Å². The molecule has 5 aromatic rings. The Hall–Kier alpha value is -4.70. The first-order valence-corrected chi connectivity index (χ1v) is 14.0. The first-order valence-electron chi connectivity index (χ1n) is 16.5. The monoisotopic (exact) mass is 559 g/mol. The summed E-state index contributed by atoms with van der Waals surface area (Å²) in [5.41, 5.74) is 5.70. The first kappa shape index (κ1) is 22.9. The number of nitrogens with one attached hydrogen (secondary N) is 1. The molecule has 0 aliphatic carbocycles. The maximum absolute atomic E-state index is 12.3. The molecule has 0 saturated heterocycles. The van der Waals surface area contributed by atoms with E-state index >= 15 is 0 Å². The largest absolute Gasteiger partial charge is 0.349 e. The standard InChI is InChI=1S/C38H38N2O2/c1-37(2,3)30-22-29(23-31(25-30)38(4,5)6)33-19-13-18-32(27-16-11-8-12-17-27)36(33)39-34-24-28(20-21-35(34)40(41)42)26-14-9-7-10-15-26/h7-25,39H,1-6H3/i8D,11D,12D,16D,17D. The van der Waals surface area contributed by atoms with Crippen LogP contribution >= 0.6 is 0 Å². The molecular formula is C38H38N2O2. The van der Waals surface area contributed by atoms with Crippen molar-refractivity contribution in [2.45, 2.75) is 52.4 Å². The molecule has 0 aliphatic rings. The minimum atomic E-state index is -0.492. The Morgan fingerprint density at radius 1 is 0.643 bits per heavy atom. The summed E-state index contributed by atoms with van der Waals surface area (Å²) in [6.07, 6.45) is 0. The Labute approximate surface area is 256 Å². The van der Waals surface area contributed by atoms with E-state index in [-0.39, 0.29) is 39.9 Å². The van der Waals surface area contributed by atoms with Crippen molar-refractivity contribution < 1.29 is 11.8 Å². The van der Waals surface area contributed by atoms with E-state index in [4.69, 9.17) is 6.85 Å². The van der Waals surface area contributed by atoms with Gasteiger partial charge in [-0.05, 0) is 56.3 Å². The fraction of sp³-hybridized carbons (Fsp3) is 0.211. The van der Waals surface area contributed by atoms with Crippen molar-refractivity contribution in [1.29, 1.82) is 0 Å². The summed E-state index contributed by atoms with van der Waals surface area (Å²) in [6, 6.07) is 24.0. The molecule has 0 unspecified atom stereocenters. The van der Waals surface area contributed by atoms with Crippen molar-refractivity contribution >= 4 is 17.1 Å². The van der Waals surface area contributed by atoms with Crippen LogP contribution in [-0.4, -0.2) is 4.92 Å². The van der Waals surface area contributed by atoms with Crippen LogP contribution in [0.25, 0.3) is 33.4 Å². The molecule has 0 amide bonds. The molecule has 212 valence electrons. The van der Waals surface area contributed by atoms with Gasteiger partial charge < -0.3 is 5.32 Å². The van der Waals surface area contributed by atoms with Crippen molar-refractivity contribution in [2.75, 3.05) is 5.32 Å². The Kier molecular flexibility index (Phi) is 6.16. The van der Waals surface area contributed by atoms with Crippen LogP contribution in [0, 0.1) is 10.1 Å². The van der Waals surface area contributed by atoms with Gasteiger partial charge in [-0.15, -0.1) is 0 Å².